The maximum Gasteiger partial charge on any atom is 0.356 e. The lowest BCUT2D eigenvalue weighted by Crippen LogP contribution is -2.03. The van der Waals surface area contributed by atoms with E-state index in [0.29, 0.717) is 34.1 Å². The molecule has 0 saturated carbocycles. The van der Waals surface area contributed by atoms with Crippen LogP contribution in [0.2, 0.25) is 10.0 Å². The molecule has 106 valence electrons. The number of halogens is 2. The predicted molar refractivity (Wildman–Crippen MR) is 76.0 cm³/mol. The lowest BCUT2D eigenvalue weighted by Gasteiger charge is -2.02. The summed E-state index contributed by atoms with van der Waals surface area (Å²) in [6.07, 6.45) is 2.52. The van der Waals surface area contributed by atoms with Crippen molar-refractivity contribution in [3.8, 4) is 5.69 Å². The number of aromatic carboxylic acids is 1. The van der Waals surface area contributed by atoms with Crippen molar-refractivity contribution in [2.24, 2.45) is 0 Å². The molecule has 0 aliphatic heterocycles. The van der Waals surface area contributed by atoms with Crippen LogP contribution < -0.4 is 0 Å². The molecular weight excluding hydrogens is 303 g/mol. The van der Waals surface area contributed by atoms with Crippen LogP contribution in [0.15, 0.2) is 24.4 Å². The Balaban J connectivity index is 2.44. The summed E-state index contributed by atoms with van der Waals surface area (Å²) < 4.78 is 1.42. The van der Waals surface area contributed by atoms with E-state index >= 15 is 0 Å². The largest absolute Gasteiger partial charge is 0.476 e. The third kappa shape index (κ3) is 3.30. The van der Waals surface area contributed by atoms with E-state index in [2.05, 4.69) is 5.10 Å². The number of carboxylic acid groups (broad SMARTS) is 1. The summed E-state index contributed by atoms with van der Waals surface area (Å²) in [5, 5.41) is 22.9. The van der Waals surface area contributed by atoms with Crippen molar-refractivity contribution in [3.63, 3.8) is 0 Å². The van der Waals surface area contributed by atoms with E-state index in [4.69, 9.17) is 33.4 Å². The number of carboxylic acids is 1. The highest BCUT2D eigenvalue weighted by atomic mass is 35.5. The van der Waals surface area contributed by atoms with Gasteiger partial charge >= 0.3 is 5.97 Å². The molecule has 1 aromatic heterocycles. The van der Waals surface area contributed by atoms with Crippen molar-refractivity contribution in [3.05, 3.63) is 45.7 Å². The minimum absolute atomic E-state index is 0.00671. The van der Waals surface area contributed by atoms with Crippen molar-refractivity contribution in [1.82, 2.24) is 9.78 Å². The van der Waals surface area contributed by atoms with Crippen LogP contribution in [0, 0.1) is 0 Å². The Bertz CT molecular complexity index is 620. The van der Waals surface area contributed by atoms with Crippen LogP contribution >= 0.6 is 23.2 Å². The second-order valence-electron chi connectivity index (χ2n) is 4.21. The number of aliphatic hydroxyl groups is 1. The standard InChI is InChI=1S/C13H12Cl2N2O3/c14-9-4-10(15)6-11(5-9)17-7-8(2-1-3-18)12(16-17)13(19)20/h4-7,18H,1-3H2,(H,19,20). The number of carbonyl (C=O) groups is 1. The van der Waals surface area contributed by atoms with E-state index in [-0.39, 0.29) is 12.3 Å². The topological polar surface area (TPSA) is 75.3 Å². The van der Waals surface area contributed by atoms with Crippen LogP contribution in [0.5, 0.6) is 0 Å². The fourth-order valence-corrected chi connectivity index (χ4v) is 2.36. The summed E-state index contributed by atoms with van der Waals surface area (Å²) in [5.74, 6) is -1.11. The molecule has 2 aromatic rings. The highest BCUT2D eigenvalue weighted by Crippen LogP contribution is 2.22. The zero-order valence-electron chi connectivity index (χ0n) is 10.4. The van der Waals surface area contributed by atoms with Crippen molar-refractivity contribution in [2.75, 3.05) is 6.61 Å². The lowest BCUT2D eigenvalue weighted by atomic mass is 10.1. The molecule has 0 spiro atoms. The lowest BCUT2D eigenvalue weighted by molar-refractivity contribution is 0.0688. The van der Waals surface area contributed by atoms with Crippen LogP contribution in [0.25, 0.3) is 5.69 Å². The maximum absolute atomic E-state index is 11.2. The van der Waals surface area contributed by atoms with Gasteiger partial charge in [-0.2, -0.15) is 5.10 Å². The molecular formula is C13H12Cl2N2O3. The van der Waals surface area contributed by atoms with Crippen LogP contribution in [0.4, 0.5) is 0 Å². The molecule has 0 atom stereocenters. The number of aromatic nitrogens is 2. The number of rotatable bonds is 5. The molecule has 0 radical (unpaired) electrons. The predicted octanol–water partition coefficient (Wildman–Crippen LogP) is 2.80. The molecule has 0 fully saturated rings. The number of nitrogens with zero attached hydrogens (tertiary/aromatic N) is 2. The maximum atomic E-state index is 11.2. The van der Waals surface area contributed by atoms with Gasteiger partial charge in [-0.3, -0.25) is 0 Å². The minimum atomic E-state index is -1.11. The Morgan fingerprint density at radius 3 is 2.45 bits per heavy atom. The van der Waals surface area contributed by atoms with E-state index in [0.717, 1.165) is 0 Å². The molecule has 2 rings (SSSR count). The molecule has 0 unspecified atom stereocenters. The molecule has 0 aliphatic carbocycles. The molecule has 0 amide bonds. The normalized spacial score (nSPS) is 10.8. The highest BCUT2D eigenvalue weighted by molar-refractivity contribution is 6.34. The van der Waals surface area contributed by atoms with Crippen LogP contribution in [-0.2, 0) is 6.42 Å². The average molecular weight is 315 g/mol. The van der Waals surface area contributed by atoms with Crippen LogP contribution in [0.3, 0.4) is 0 Å². The zero-order valence-corrected chi connectivity index (χ0v) is 11.9. The summed E-state index contributed by atoms with van der Waals surface area (Å²) in [4.78, 5) is 11.2. The van der Waals surface area contributed by atoms with Gasteiger partial charge in [-0.1, -0.05) is 23.2 Å². The first kappa shape index (κ1) is 14.8. The summed E-state index contributed by atoms with van der Waals surface area (Å²) >= 11 is 11.8. The monoisotopic (exact) mass is 314 g/mol. The van der Waals surface area contributed by atoms with Crippen molar-refractivity contribution in [1.29, 1.82) is 0 Å². The molecule has 0 bridgehead atoms. The summed E-state index contributed by atoms with van der Waals surface area (Å²) in [5.41, 5.74) is 1.11. The Hall–Kier alpha value is -1.56. The van der Waals surface area contributed by atoms with Gasteiger partial charge in [-0.05, 0) is 31.0 Å². The highest BCUT2D eigenvalue weighted by Gasteiger charge is 2.16. The van der Waals surface area contributed by atoms with Gasteiger partial charge in [0.15, 0.2) is 5.69 Å². The van der Waals surface area contributed by atoms with E-state index in [1.807, 2.05) is 0 Å². The van der Waals surface area contributed by atoms with Crippen LogP contribution in [0.1, 0.15) is 22.5 Å². The Morgan fingerprint density at radius 2 is 1.90 bits per heavy atom. The number of aliphatic hydroxyl groups excluding tert-OH is 1. The first-order valence-corrected chi connectivity index (χ1v) is 6.66. The quantitative estimate of drug-likeness (QED) is 0.889. The van der Waals surface area contributed by atoms with Gasteiger partial charge in [0.1, 0.15) is 0 Å². The Morgan fingerprint density at radius 1 is 1.25 bits per heavy atom. The third-order valence-electron chi connectivity index (χ3n) is 2.71. The Labute approximate surface area is 125 Å². The molecule has 5 nitrogen and oxygen atoms in total. The second-order valence-corrected chi connectivity index (χ2v) is 5.08. The van der Waals surface area contributed by atoms with E-state index < -0.39 is 5.97 Å². The summed E-state index contributed by atoms with van der Waals surface area (Å²) in [7, 11) is 0. The smallest absolute Gasteiger partial charge is 0.356 e. The Kier molecular flexibility index (Phi) is 4.65. The molecule has 2 N–H and O–H groups in total. The zero-order chi connectivity index (χ0) is 14.7. The molecule has 7 heteroatoms. The van der Waals surface area contributed by atoms with Gasteiger partial charge < -0.3 is 10.2 Å². The van der Waals surface area contributed by atoms with E-state index in [1.54, 1.807) is 24.4 Å². The van der Waals surface area contributed by atoms with E-state index in [1.165, 1.54) is 4.68 Å². The first-order chi connectivity index (χ1) is 9.51. The number of benzene rings is 1. The summed E-state index contributed by atoms with van der Waals surface area (Å²) in [6, 6.07) is 4.87. The van der Waals surface area contributed by atoms with Gasteiger partial charge in [-0.15, -0.1) is 0 Å². The van der Waals surface area contributed by atoms with Crippen molar-refractivity contribution in [2.45, 2.75) is 12.8 Å². The number of hydrogen-bond acceptors (Lipinski definition) is 3. The van der Waals surface area contributed by atoms with Crippen LogP contribution in [-0.4, -0.2) is 32.6 Å². The first-order valence-electron chi connectivity index (χ1n) is 5.90. The van der Waals surface area contributed by atoms with Gasteiger partial charge in [0, 0.05) is 28.4 Å². The van der Waals surface area contributed by atoms with E-state index in [9.17, 15) is 4.79 Å². The SMILES string of the molecule is O=C(O)c1nn(-c2cc(Cl)cc(Cl)c2)cc1CCCO. The molecule has 0 saturated heterocycles. The van der Waals surface area contributed by atoms with Crippen molar-refractivity contribution >= 4 is 29.2 Å². The molecule has 1 aromatic carbocycles. The average Bonchev–Trinajstić information content (AvgIpc) is 2.79. The number of hydrogen-bond donors (Lipinski definition) is 2. The van der Waals surface area contributed by atoms with Gasteiger partial charge in [-0.25, -0.2) is 9.48 Å². The molecule has 1 heterocycles. The molecule has 20 heavy (non-hydrogen) atoms. The third-order valence-corrected chi connectivity index (χ3v) is 3.15. The number of aryl methyl sites for hydroxylation is 1. The summed E-state index contributed by atoms with van der Waals surface area (Å²) in [6.45, 7) is -0.00671. The second kappa shape index (κ2) is 6.26. The van der Waals surface area contributed by atoms with Gasteiger partial charge in [0.05, 0.1) is 5.69 Å². The van der Waals surface area contributed by atoms with Gasteiger partial charge in [0.25, 0.3) is 0 Å². The fraction of sp³-hybridized carbons (Fsp3) is 0.231. The minimum Gasteiger partial charge on any atom is -0.476 e. The molecule has 0 aliphatic rings. The van der Waals surface area contributed by atoms with Gasteiger partial charge in [0.2, 0.25) is 0 Å². The fourth-order valence-electron chi connectivity index (χ4n) is 1.85. The van der Waals surface area contributed by atoms with Crippen molar-refractivity contribution < 1.29 is 15.0 Å².